The molecule has 1 unspecified atom stereocenters. The molecule has 0 aliphatic heterocycles. The van der Waals surface area contributed by atoms with Crippen LogP contribution in [0.3, 0.4) is 0 Å². The summed E-state index contributed by atoms with van der Waals surface area (Å²) in [6, 6.07) is 18.5. The summed E-state index contributed by atoms with van der Waals surface area (Å²) in [5.74, 6) is -1.42. The van der Waals surface area contributed by atoms with Crippen LogP contribution in [0.5, 0.6) is 0 Å². The van der Waals surface area contributed by atoms with Crippen LogP contribution in [0.2, 0.25) is 10.0 Å². The average Bonchev–Trinajstić information content (AvgIpc) is 2.71. The van der Waals surface area contributed by atoms with Gasteiger partial charge in [-0.3, -0.25) is 9.78 Å². The van der Waals surface area contributed by atoms with Crippen LogP contribution in [-0.4, -0.2) is 24.0 Å². The molecular weight excluding hydrogens is 407 g/mol. The summed E-state index contributed by atoms with van der Waals surface area (Å²) in [6.07, 6.45) is 0. The third kappa shape index (κ3) is 4.95. The number of amides is 1. The average molecular weight is 429 g/mol. The zero-order valence-electron chi connectivity index (χ0n) is 15.7. The maximum Gasteiger partial charge on any atom is 0.231 e. The van der Waals surface area contributed by atoms with E-state index in [1.807, 2.05) is 36.4 Å². The van der Waals surface area contributed by atoms with E-state index in [9.17, 15) is 4.79 Å². The summed E-state index contributed by atoms with van der Waals surface area (Å²) in [7, 11) is 0. The molecule has 0 fully saturated rings. The van der Waals surface area contributed by atoms with Gasteiger partial charge in [-0.1, -0.05) is 59.6 Å². The Bertz CT molecular complexity index is 989. The lowest BCUT2D eigenvalue weighted by atomic mass is 9.93. The van der Waals surface area contributed by atoms with Gasteiger partial charge in [-0.05, 0) is 29.8 Å². The summed E-state index contributed by atoms with van der Waals surface area (Å²) in [6.45, 7) is 1.94. The molecule has 0 radical (unpaired) electrons. The largest absolute Gasteiger partial charge is 0.369 e. The second-order valence-electron chi connectivity index (χ2n) is 6.54. The van der Waals surface area contributed by atoms with E-state index in [2.05, 4.69) is 5.32 Å². The number of primary amides is 1. The van der Waals surface area contributed by atoms with Gasteiger partial charge < -0.3 is 16.8 Å². The number of hydrogen-bond donors (Lipinski definition) is 3. The second-order valence-corrected chi connectivity index (χ2v) is 7.36. The number of nitrogens with one attached hydrogen (secondary N) is 1. The molecule has 0 bridgehead atoms. The minimum Gasteiger partial charge on any atom is -0.369 e. The molecule has 0 aliphatic rings. The Labute approximate surface area is 180 Å². The minimum atomic E-state index is -0.848. The van der Waals surface area contributed by atoms with Gasteiger partial charge in [0.05, 0.1) is 11.4 Å². The number of benzene rings is 2. The molecule has 0 spiro atoms. The van der Waals surface area contributed by atoms with Gasteiger partial charge in [0.25, 0.3) is 0 Å². The summed E-state index contributed by atoms with van der Waals surface area (Å²) in [5.41, 5.74) is 15.0. The summed E-state index contributed by atoms with van der Waals surface area (Å²) < 4.78 is 0. The van der Waals surface area contributed by atoms with Crippen molar-refractivity contribution in [3.63, 3.8) is 0 Å². The molecule has 5 N–H and O–H groups in total. The van der Waals surface area contributed by atoms with Gasteiger partial charge in [0.15, 0.2) is 0 Å². The Kier molecular flexibility index (Phi) is 7.23. The highest BCUT2D eigenvalue weighted by molar-refractivity contribution is 6.36. The lowest BCUT2D eigenvalue weighted by Gasteiger charge is -2.18. The molecule has 1 amide bonds. The van der Waals surface area contributed by atoms with Crippen molar-refractivity contribution in [3.8, 4) is 11.3 Å². The van der Waals surface area contributed by atoms with Gasteiger partial charge in [-0.15, -0.1) is 0 Å². The standard InChI is InChI=1S/C22H22Cl2N4O/c23-16-7-3-8-17(24)20(16)21(22(26)29)19-10-4-9-18(28-19)15-6-2-1-5-14(15)13-27-12-11-25/h1-10,21,27H,11-13,25H2,(H2,26,29). The van der Waals surface area contributed by atoms with Crippen molar-refractivity contribution in [2.75, 3.05) is 13.1 Å². The van der Waals surface area contributed by atoms with Crippen LogP contribution in [0.4, 0.5) is 0 Å². The monoisotopic (exact) mass is 428 g/mol. The van der Waals surface area contributed by atoms with Gasteiger partial charge in [0.2, 0.25) is 5.91 Å². The van der Waals surface area contributed by atoms with Crippen molar-refractivity contribution >= 4 is 29.1 Å². The molecule has 29 heavy (non-hydrogen) atoms. The van der Waals surface area contributed by atoms with Crippen molar-refractivity contribution in [1.82, 2.24) is 10.3 Å². The molecule has 3 aromatic rings. The van der Waals surface area contributed by atoms with Crippen molar-refractivity contribution in [2.45, 2.75) is 12.5 Å². The highest BCUT2D eigenvalue weighted by Crippen LogP contribution is 2.35. The lowest BCUT2D eigenvalue weighted by Crippen LogP contribution is -2.24. The zero-order chi connectivity index (χ0) is 20.8. The first-order valence-corrected chi connectivity index (χ1v) is 9.97. The van der Waals surface area contributed by atoms with Gasteiger partial charge in [-0.25, -0.2) is 0 Å². The van der Waals surface area contributed by atoms with Gasteiger partial charge in [-0.2, -0.15) is 0 Å². The molecule has 1 heterocycles. The first-order chi connectivity index (χ1) is 14.0. The predicted octanol–water partition coefficient (Wildman–Crippen LogP) is 3.72. The number of nitrogens with zero attached hydrogens (tertiary/aromatic N) is 1. The fourth-order valence-corrected chi connectivity index (χ4v) is 3.85. The number of pyridine rings is 1. The Morgan fingerprint density at radius 3 is 2.38 bits per heavy atom. The molecule has 3 rings (SSSR count). The van der Waals surface area contributed by atoms with Crippen LogP contribution in [0.25, 0.3) is 11.3 Å². The van der Waals surface area contributed by atoms with Crippen LogP contribution >= 0.6 is 23.2 Å². The fourth-order valence-electron chi connectivity index (χ4n) is 3.23. The molecule has 1 aromatic heterocycles. The molecule has 7 heteroatoms. The first kappa shape index (κ1) is 21.3. The normalized spacial score (nSPS) is 12.0. The highest BCUT2D eigenvalue weighted by Gasteiger charge is 2.27. The minimum absolute atomic E-state index is 0.375. The van der Waals surface area contributed by atoms with E-state index in [0.29, 0.717) is 34.4 Å². The van der Waals surface area contributed by atoms with Crippen molar-refractivity contribution < 1.29 is 4.79 Å². The predicted molar refractivity (Wildman–Crippen MR) is 118 cm³/mol. The fraction of sp³-hybridized carbons (Fsp3) is 0.182. The first-order valence-electron chi connectivity index (χ1n) is 9.22. The summed E-state index contributed by atoms with van der Waals surface area (Å²) >= 11 is 12.7. The SMILES string of the molecule is NCCNCc1ccccc1-c1cccc(C(C(N)=O)c2c(Cl)cccc2Cl)n1. The van der Waals surface area contributed by atoms with E-state index >= 15 is 0 Å². The molecule has 0 saturated carbocycles. The Morgan fingerprint density at radius 2 is 1.69 bits per heavy atom. The number of hydrogen-bond acceptors (Lipinski definition) is 4. The molecule has 150 valence electrons. The molecule has 0 aliphatic carbocycles. The van der Waals surface area contributed by atoms with Gasteiger partial charge >= 0.3 is 0 Å². The van der Waals surface area contributed by atoms with Gasteiger partial charge in [0, 0.05) is 40.8 Å². The quantitative estimate of drug-likeness (QED) is 0.476. The Balaban J connectivity index is 2.04. The molecule has 0 saturated heterocycles. The van der Waals surface area contributed by atoms with Crippen LogP contribution in [0.15, 0.2) is 60.7 Å². The van der Waals surface area contributed by atoms with Crippen LogP contribution < -0.4 is 16.8 Å². The van der Waals surface area contributed by atoms with Crippen LogP contribution in [0, 0.1) is 0 Å². The third-order valence-corrected chi connectivity index (χ3v) is 5.23. The topological polar surface area (TPSA) is 94.0 Å². The summed E-state index contributed by atoms with van der Waals surface area (Å²) in [4.78, 5) is 17.1. The molecule has 2 aromatic carbocycles. The maximum absolute atomic E-state index is 12.3. The maximum atomic E-state index is 12.3. The van der Waals surface area contributed by atoms with Crippen molar-refractivity contribution in [1.29, 1.82) is 0 Å². The lowest BCUT2D eigenvalue weighted by molar-refractivity contribution is -0.118. The van der Waals surface area contributed by atoms with E-state index in [-0.39, 0.29) is 0 Å². The molecule has 1 atom stereocenters. The number of carbonyl (C=O) groups excluding carboxylic acids is 1. The van der Waals surface area contributed by atoms with E-state index < -0.39 is 11.8 Å². The number of halogens is 2. The molecule has 5 nitrogen and oxygen atoms in total. The number of nitrogens with two attached hydrogens (primary N) is 2. The second kappa shape index (κ2) is 9.85. The zero-order valence-corrected chi connectivity index (χ0v) is 17.3. The van der Waals surface area contributed by atoms with Crippen molar-refractivity contribution in [2.24, 2.45) is 11.5 Å². The number of carbonyl (C=O) groups is 1. The van der Waals surface area contributed by atoms with E-state index in [4.69, 9.17) is 39.7 Å². The van der Waals surface area contributed by atoms with Crippen LogP contribution in [0.1, 0.15) is 22.7 Å². The van der Waals surface area contributed by atoms with E-state index in [0.717, 1.165) is 23.4 Å². The van der Waals surface area contributed by atoms with Gasteiger partial charge in [0.1, 0.15) is 5.92 Å². The highest BCUT2D eigenvalue weighted by atomic mass is 35.5. The van der Waals surface area contributed by atoms with E-state index in [1.165, 1.54) is 0 Å². The van der Waals surface area contributed by atoms with E-state index in [1.54, 1.807) is 24.3 Å². The molecular formula is C22H22Cl2N4O. The Morgan fingerprint density at radius 1 is 1.00 bits per heavy atom. The van der Waals surface area contributed by atoms with Crippen LogP contribution in [-0.2, 0) is 11.3 Å². The van der Waals surface area contributed by atoms with Crippen molar-refractivity contribution in [3.05, 3.63) is 87.5 Å². The number of rotatable bonds is 8. The third-order valence-electron chi connectivity index (χ3n) is 4.57. The summed E-state index contributed by atoms with van der Waals surface area (Å²) in [5, 5.41) is 4.05. The smallest absolute Gasteiger partial charge is 0.231 e. The number of aromatic nitrogens is 1. The Hall–Kier alpha value is -2.44.